The molecule has 0 heterocycles. The molecule has 0 bridgehead atoms. The van der Waals surface area contributed by atoms with Crippen molar-refractivity contribution in [1.82, 2.24) is 5.32 Å². The normalized spacial score (nSPS) is 20.8. The Labute approximate surface area is 94.5 Å². The molecule has 2 nitrogen and oxygen atoms in total. The third-order valence-corrected chi connectivity index (χ3v) is 3.23. The predicted molar refractivity (Wildman–Crippen MR) is 56.2 cm³/mol. The Bertz CT molecular complexity index is 216. The van der Waals surface area contributed by atoms with Gasteiger partial charge in [-0.05, 0) is 37.6 Å². The number of rotatable bonds is 7. The first kappa shape index (κ1) is 13.8. The van der Waals surface area contributed by atoms with Crippen molar-refractivity contribution in [3.8, 4) is 0 Å². The van der Waals surface area contributed by atoms with E-state index in [9.17, 15) is 13.2 Å². The first-order valence-corrected chi connectivity index (χ1v) is 5.66. The van der Waals surface area contributed by atoms with Gasteiger partial charge in [0.05, 0.1) is 0 Å². The predicted octanol–water partition coefficient (Wildman–Crippen LogP) is 2.59. The highest BCUT2D eigenvalue weighted by molar-refractivity contribution is 4.92. The standard InChI is InChI=1S/C11H20F3NO/c1-10(7-15-2,9-3-4-9)5-6-16-8-11(12,13)14/h9,15H,3-8H2,1-2H3. The molecule has 1 fully saturated rings. The van der Waals surface area contributed by atoms with Gasteiger partial charge in [-0.25, -0.2) is 0 Å². The van der Waals surface area contributed by atoms with Gasteiger partial charge in [-0.3, -0.25) is 0 Å². The lowest BCUT2D eigenvalue weighted by atomic mass is 9.82. The molecule has 96 valence electrons. The van der Waals surface area contributed by atoms with E-state index in [1.807, 2.05) is 7.05 Å². The maximum Gasteiger partial charge on any atom is 0.411 e. The minimum atomic E-state index is -4.21. The smallest absolute Gasteiger partial charge is 0.372 e. The highest BCUT2D eigenvalue weighted by Gasteiger charge is 2.40. The van der Waals surface area contributed by atoms with Gasteiger partial charge in [-0.2, -0.15) is 13.2 Å². The summed E-state index contributed by atoms with van der Waals surface area (Å²) in [4.78, 5) is 0. The Morgan fingerprint density at radius 2 is 1.94 bits per heavy atom. The van der Waals surface area contributed by atoms with Crippen LogP contribution in [0.4, 0.5) is 13.2 Å². The summed E-state index contributed by atoms with van der Waals surface area (Å²) in [5.41, 5.74) is 0.0837. The number of hydrogen-bond donors (Lipinski definition) is 1. The van der Waals surface area contributed by atoms with E-state index in [4.69, 9.17) is 0 Å². The summed E-state index contributed by atoms with van der Waals surface area (Å²) in [6, 6.07) is 0. The fraction of sp³-hybridized carbons (Fsp3) is 1.00. The van der Waals surface area contributed by atoms with Crippen LogP contribution in [0.5, 0.6) is 0 Å². The first-order chi connectivity index (χ1) is 7.37. The summed E-state index contributed by atoms with van der Waals surface area (Å²) in [5, 5.41) is 3.11. The zero-order valence-corrected chi connectivity index (χ0v) is 9.86. The van der Waals surface area contributed by atoms with E-state index in [0.29, 0.717) is 12.3 Å². The molecule has 0 saturated heterocycles. The van der Waals surface area contributed by atoms with Crippen LogP contribution >= 0.6 is 0 Å². The van der Waals surface area contributed by atoms with Gasteiger partial charge in [-0.15, -0.1) is 0 Å². The molecule has 0 aromatic heterocycles. The van der Waals surface area contributed by atoms with Crippen molar-refractivity contribution in [1.29, 1.82) is 0 Å². The van der Waals surface area contributed by atoms with Gasteiger partial charge in [0, 0.05) is 13.2 Å². The number of hydrogen-bond acceptors (Lipinski definition) is 2. The third kappa shape index (κ3) is 4.70. The molecular formula is C11H20F3NO. The molecule has 1 aliphatic carbocycles. The number of ether oxygens (including phenoxy) is 1. The molecule has 1 aliphatic rings. The van der Waals surface area contributed by atoms with Crippen LogP contribution in [0.3, 0.4) is 0 Å². The molecule has 1 atom stereocenters. The van der Waals surface area contributed by atoms with E-state index in [0.717, 1.165) is 6.54 Å². The van der Waals surface area contributed by atoms with Crippen molar-refractivity contribution < 1.29 is 17.9 Å². The summed E-state index contributed by atoms with van der Waals surface area (Å²) in [7, 11) is 1.87. The van der Waals surface area contributed by atoms with Gasteiger partial charge in [0.15, 0.2) is 0 Å². The van der Waals surface area contributed by atoms with E-state index in [1.165, 1.54) is 12.8 Å². The lowest BCUT2D eigenvalue weighted by Crippen LogP contribution is -2.33. The molecule has 5 heteroatoms. The summed E-state index contributed by atoms with van der Waals surface area (Å²) >= 11 is 0. The summed E-state index contributed by atoms with van der Waals surface area (Å²) in [5.74, 6) is 0.648. The van der Waals surface area contributed by atoms with Crippen LogP contribution in [-0.4, -0.2) is 33.0 Å². The molecule has 1 saturated carbocycles. The van der Waals surface area contributed by atoms with Gasteiger partial charge in [0.1, 0.15) is 6.61 Å². The Kier molecular flexibility index (Phi) is 4.62. The fourth-order valence-corrected chi connectivity index (χ4v) is 2.11. The van der Waals surface area contributed by atoms with E-state index in [2.05, 4.69) is 17.0 Å². The molecular weight excluding hydrogens is 219 g/mol. The second kappa shape index (κ2) is 5.36. The summed E-state index contributed by atoms with van der Waals surface area (Å²) in [6.45, 7) is 2.02. The molecule has 1 unspecified atom stereocenters. The minimum absolute atomic E-state index is 0.0837. The molecule has 0 radical (unpaired) electrons. The minimum Gasteiger partial charge on any atom is -0.372 e. The largest absolute Gasteiger partial charge is 0.411 e. The first-order valence-electron chi connectivity index (χ1n) is 5.66. The Morgan fingerprint density at radius 3 is 2.38 bits per heavy atom. The highest BCUT2D eigenvalue weighted by Crippen LogP contribution is 2.47. The average molecular weight is 239 g/mol. The van der Waals surface area contributed by atoms with Crippen LogP contribution in [0, 0.1) is 11.3 Å². The second-order valence-corrected chi connectivity index (χ2v) is 4.88. The number of nitrogens with one attached hydrogen (secondary N) is 1. The topological polar surface area (TPSA) is 21.3 Å². The molecule has 0 amide bonds. The molecule has 0 aliphatic heterocycles. The van der Waals surface area contributed by atoms with Gasteiger partial charge in [-0.1, -0.05) is 6.92 Å². The Hall–Kier alpha value is -0.290. The van der Waals surface area contributed by atoms with Gasteiger partial charge < -0.3 is 10.1 Å². The zero-order chi connectivity index (χ0) is 12.2. The highest BCUT2D eigenvalue weighted by atomic mass is 19.4. The summed E-state index contributed by atoms with van der Waals surface area (Å²) in [6.07, 6.45) is -1.14. The Morgan fingerprint density at radius 1 is 1.31 bits per heavy atom. The Balaban J connectivity index is 2.23. The van der Waals surface area contributed by atoms with Crippen LogP contribution in [0.25, 0.3) is 0 Å². The van der Waals surface area contributed by atoms with Crippen molar-refractivity contribution in [2.75, 3.05) is 26.8 Å². The van der Waals surface area contributed by atoms with Crippen molar-refractivity contribution >= 4 is 0 Å². The van der Waals surface area contributed by atoms with Crippen LogP contribution in [0.15, 0.2) is 0 Å². The van der Waals surface area contributed by atoms with E-state index >= 15 is 0 Å². The van der Waals surface area contributed by atoms with E-state index < -0.39 is 12.8 Å². The molecule has 0 aromatic carbocycles. The van der Waals surface area contributed by atoms with Crippen molar-refractivity contribution in [2.24, 2.45) is 11.3 Å². The molecule has 1 rings (SSSR count). The van der Waals surface area contributed by atoms with E-state index in [-0.39, 0.29) is 12.0 Å². The maximum absolute atomic E-state index is 11.9. The van der Waals surface area contributed by atoms with Crippen LogP contribution in [0.2, 0.25) is 0 Å². The van der Waals surface area contributed by atoms with Crippen LogP contribution < -0.4 is 5.32 Å². The third-order valence-electron chi connectivity index (χ3n) is 3.23. The molecule has 0 aromatic rings. The van der Waals surface area contributed by atoms with Crippen molar-refractivity contribution in [3.05, 3.63) is 0 Å². The van der Waals surface area contributed by atoms with Gasteiger partial charge in [0.2, 0.25) is 0 Å². The number of alkyl halides is 3. The lowest BCUT2D eigenvalue weighted by Gasteiger charge is -2.29. The van der Waals surface area contributed by atoms with E-state index in [1.54, 1.807) is 0 Å². The van der Waals surface area contributed by atoms with Crippen molar-refractivity contribution in [2.45, 2.75) is 32.4 Å². The second-order valence-electron chi connectivity index (χ2n) is 4.88. The SMILES string of the molecule is CNCC(C)(CCOCC(F)(F)F)C1CC1. The molecule has 0 spiro atoms. The fourth-order valence-electron chi connectivity index (χ4n) is 2.11. The maximum atomic E-state index is 11.9. The van der Waals surface area contributed by atoms with Gasteiger partial charge >= 0.3 is 6.18 Å². The number of halogens is 3. The molecule has 1 N–H and O–H groups in total. The monoisotopic (exact) mass is 239 g/mol. The van der Waals surface area contributed by atoms with Crippen molar-refractivity contribution in [3.63, 3.8) is 0 Å². The van der Waals surface area contributed by atoms with Crippen LogP contribution in [-0.2, 0) is 4.74 Å². The zero-order valence-electron chi connectivity index (χ0n) is 9.86. The van der Waals surface area contributed by atoms with Crippen LogP contribution in [0.1, 0.15) is 26.2 Å². The van der Waals surface area contributed by atoms with Gasteiger partial charge in [0.25, 0.3) is 0 Å². The summed E-state index contributed by atoms with van der Waals surface area (Å²) < 4.78 is 40.2. The lowest BCUT2D eigenvalue weighted by molar-refractivity contribution is -0.175. The molecule has 16 heavy (non-hydrogen) atoms. The average Bonchev–Trinajstić information content (AvgIpc) is 2.94. The quantitative estimate of drug-likeness (QED) is 0.689.